The van der Waals surface area contributed by atoms with Crippen LogP contribution in [-0.2, 0) is 19.1 Å². The molecule has 2 aliphatic heterocycles. The van der Waals surface area contributed by atoms with Gasteiger partial charge in [-0.05, 0) is 43.7 Å². The molecule has 1 atom stereocenters. The molecule has 2 aliphatic rings. The molecule has 190 valence electrons. The topological polar surface area (TPSA) is 70.2 Å². The highest BCUT2D eigenvalue weighted by Gasteiger charge is 2.38. The highest BCUT2D eigenvalue weighted by molar-refractivity contribution is 6.30. The first kappa shape index (κ1) is 25.7. The number of para-hydroxylation sites is 1. The first-order valence-corrected chi connectivity index (χ1v) is 12.4. The molecule has 0 bridgehead atoms. The number of benzene rings is 2. The van der Waals surface area contributed by atoms with Crippen LogP contribution in [0, 0.1) is 5.82 Å². The molecule has 0 radical (unpaired) electrons. The number of amides is 2. The maximum atomic E-state index is 14.1. The van der Waals surface area contributed by atoms with Crippen molar-refractivity contribution in [1.29, 1.82) is 0 Å². The summed E-state index contributed by atoms with van der Waals surface area (Å²) in [5.41, 5.74) is 2.09. The Bertz CT molecular complexity index is 1180. The molecular formula is C27H29ClFN3O4. The zero-order chi connectivity index (χ0) is 25.8. The van der Waals surface area contributed by atoms with E-state index in [0.29, 0.717) is 48.2 Å². The van der Waals surface area contributed by atoms with Gasteiger partial charge in [-0.2, -0.15) is 0 Å². The van der Waals surface area contributed by atoms with Gasteiger partial charge in [0.05, 0.1) is 17.9 Å². The Labute approximate surface area is 215 Å². The van der Waals surface area contributed by atoms with E-state index < -0.39 is 11.9 Å². The van der Waals surface area contributed by atoms with Gasteiger partial charge in [-0.3, -0.25) is 9.59 Å². The van der Waals surface area contributed by atoms with Crippen molar-refractivity contribution in [2.75, 3.05) is 44.2 Å². The molecule has 2 amide bonds. The number of rotatable bonds is 6. The minimum absolute atomic E-state index is 0.0431. The van der Waals surface area contributed by atoms with E-state index in [0.717, 1.165) is 5.56 Å². The quantitative estimate of drug-likeness (QED) is 0.546. The molecule has 36 heavy (non-hydrogen) atoms. The summed E-state index contributed by atoms with van der Waals surface area (Å²) < 4.78 is 19.4. The van der Waals surface area contributed by atoms with Crippen LogP contribution in [0.2, 0.25) is 5.02 Å². The Morgan fingerprint density at radius 2 is 1.72 bits per heavy atom. The van der Waals surface area contributed by atoms with Gasteiger partial charge in [0, 0.05) is 49.2 Å². The van der Waals surface area contributed by atoms with Crippen LogP contribution in [-0.4, -0.2) is 66.9 Å². The minimum atomic E-state index is -0.501. The number of ether oxygens (including phenoxy) is 1. The zero-order valence-electron chi connectivity index (χ0n) is 20.4. The Hall–Kier alpha value is -3.39. The summed E-state index contributed by atoms with van der Waals surface area (Å²) in [5.74, 6) is -1.73. The maximum Gasteiger partial charge on any atom is 0.336 e. The average Bonchev–Trinajstić information content (AvgIpc) is 2.87. The fraction of sp³-hybridized carbons (Fsp3) is 0.370. The largest absolute Gasteiger partial charge is 0.463 e. The molecule has 2 heterocycles. The van der Waals surface area contributed by atoms with E-state index in [1.54, 1.807) is 61.2 Å². The standard InChI is InChI=1S/C27H29ClFN3O4/c1-3-36-27(35)26-18(2)32(24(33)16-21(26)19-8-10-20(28)11-9-19)17-25(34)31-14-12-30(13-15-31)23-7-5-4-6-22(23)29/h4-11,21H,3,12-17H2,1-2H3. The van der Waals surface area contributed by atoms with Crippen LogP contribution >= 0.6 is 11.6 Å². The van der Waals surface area contributed by atoms with Crippen LogP contribution in [0.5, 0.6) is 0 Å². The molecule has 0 spiro atoms. The first-order chi connectivity index (χ1) is 17.3. The fourth-order valence-electron chi connectivity index (χ4n) is 4.80. The van der Waals surface area contributed by atoms with Crippen molar-refractivity contribution < 1.29 is 23.5 Å². The molecular weight excluding hydrogens is 485 g/mol. The van der Waals surface area contributed by atoms with Crippen molar-refractivity contribution in [1.82, 2.24) is 9.80 Å². The van der Waals surface area contributed by atoms with Crippen LogP contribution in [0.1, 0.15) is 31.7 Å². The number of esters is 1. The van der Waals surface area contributed by atoms with E-state index in [2.05, 4.69) is 0 Å². The van der Waals surface area contributed by atoms with Crippen LogP contribution in [0.3, 0.4) is 0 Å². The van der Waals surface area contributed by atoms with Crippen molar-refractivity contribution in [3.8, 4) is 0 Å². The lowest BCUT2D eigenvalue weighted by atomic mass is 9.83. The Morgan fingerprint density at radius 3 is 2.36 bits per heavy atom. The highest BCUT2D eigenvalue weighted by Crippen LogP contribution is 2.37. The summed E-state index contributed by atoms with van der Waals surface area (Å²) in [6.07, 6.45) is 0.0431. The molecule has 0 aliphatic carbocycles. The zero-order valence-corrected chi connectivity index (χ0v) is 21.1. The van der Waals surface area contributed by atoms with E-state index in [-0.39, 0.29) is 37.2 Å². The van der Waals surface area contributed by atoms with Gasteiger partial charge in [0.25, 0.3) is 0 Å². The second-order valence-electron chi connectivity index (χ2n) is 8.83. The van der Waals surface area contributed by atoms with Crippen LogP contribution in [0.15, 0.2) is 59.8 Å². The number of carbonyl (C=O) groups excluding carboxylic acids is 3. The molecule has 2 aromatic rings. The monoisotopic (exact) mass is 513 g/mol. The lowest BCUT2D eigenvalue weighted by Crippen LogP contribution is -2.52. The average molecular weight is 514 g/mol. The summed E-state index contributed by atoms with van der Waals surface area (Å²) in [6.45, 7) is 5.23. The van der Waals surface area contributed by atoms with E-state index in [9.17, 15) is 18.8 Å². The third kappa shape index (κ3) is 5.38. The Balaban J connectivity index is 1.50. The predicted octanol–water partition coefficient (Wildman–Crippen LogP) is 3.98. The normalized spacial score (nSPS) is 18.5. The maximum absolute atomic E-state index is 14.1. The molecule has 1 saturated heterocycles. The highest BCUT2D eigenvalue weighted by atomic mass is 35.5. The van der Waals surface area contributed by atoms with Gasteiger partial charge in [-0.15, -0.1) is 0 Å². The van der Waals surface area contributed by atoms with E-state index in [1.165, 1.54) is 11.0 Å². The van der Waals surface area contributed by atoms with Crippen LogP contribution < -0.4 is 4.90 Å². The van der Waals surface area contributed by atoms with E-state index in [1.807, 2.05) is 4.90 Å². The van der Waals surface area contributed by atoms with Crippen molar-refractivity contribution in [3.05, 3.63) is 76.2 Å². The summed E-state index contributed by atoms with van der Waals surface area (Å²) in [7, 11) is 0. The number of piperazine rings is 1. The number of hydrogen-bond acceptors (Lipinski definition) is 5. The number of allylic oxidation sites excluding steroid dienone is 1. The van der Waals surface area contributed by atoms with Gasteiger partial charge in [-0.25, -0.2) is 9.18 Å². The van der Waals surface area contributed by atoms with Crippen molar-refractivity contribution in [3.63, 3.8) is 0 Å². The van der Waals surface area contributed by atoms with Crippen molar-refractivity contribution in [2.24, 2.45) is 0 Å². The fourth-order valence-corrected chi connectivity index (χ4v) is 4.92. The SMILES string of the molecule is CCOC(=O)C1=C(C)N(CC(=O)N2CCN(c3ccccc3F)CC2)C(=O)CC1c1ccc(Cl)cc1. The lowest BCUT2D eigenvalue weighted by molar-refractivity contribution is -0.142. The van der Waals surface area contributed by atoms with Gasteiger partial charge in [0.15, 0.2) is 0 Å². The van der Waals surface area contributed by atoms with Crippen LogP contribution in [0.25, 0.3) is 0 Å². The molecule has 2 aromatic carbocycles. The van der Waals surface area contributed by atoms with Crippen LogP contribution in [0.4, 0.5) is 10.1 Å². The minimum Gasteiger partial charge on any atom is -0.463 e. The number of carbonyl (C=O) groups is 3. The molecule has 4 rings (SSSR count). The van der Waals surface area contributed by atoms with Gasteiger partial charge in [-0.1, -0.05) is 35.9 Å². The molecule has 1 unspecified atom stereocenters. The van der Waals surface area contributed by atoms with Gasteiger partial charge < -0.3 is 19.4 Å². The Kier molecular flexibility index (Phi) is 7.94. The molecule has 0 N–H and O–H groups in total. The summed E-state index contributed by atoms with van der Waals surface area (Å²) in [4.78, 5) is 44.2. The number of hydrogen-bond donors (Lipinski definition) is 0. The van der Waals surface area contributed by atoms with Crippen molar-refractivity contribution in [2.45, 2.75) is 26.2 Å². The molecule has 0 aromatic heterocycles. The van der Waals surface area contributed by atoms with E-state index in [4.69, 9.17) is 16.3 Å². The molecule has 9 heteroatoms. The third-order valence-electron chi connectivity index (χ3n) is 6.71. The molecule has 7 nitrogen and oxygen atoms in total. The third-order valence-corrected chi connectivity index (χ3v) is 6.96. The number of anilines is 1. The van der Waals surface area contributed by atoms with Gasteiger partial charge >= 0.3 is 5.97 Å². The number of nitrogens with zero attached hydrogens (tertiary/aromatic N) is 3. The lowest BCUT2D eigenvalue weighted by Gasteiger charge is -2.38. The summed E-state index contributed by atoms with van der Waals surface area (Å²) >= 11 is 6.02. The first-order valence-electron chi connectivity index (χ1n) is 12.0. The Morgan fingerprint density at radius 1 is 1.06 bits per heavy atom. The second-order valence-corrected chi connectivity index (χ2v) is 9.26. The summed E-state index contributed by atoms with van der Waals surface area (Å²) in [6, 6.07) is 13.6. The van der Waals surface area contributed by atoms with Crippen molar-refractivity contribution >= 4 is 35.1 Å². The second kappa shape index (κ2) is 11.1. The molecule has 0 saturated carbocycles. The molecule has 1 fully saturated rings. The number of halogens is 2. The summed E-state index contributed by atoms with van der Waals surface area (Å²) in [5, 5.41) is 0.557. The smallest absolute Gasteiger partial charge is 0.336 e. The van der Waals surface area contributed by atoms with Gasteiger partial charge in [0.1, 0.15) is 12.4 Å². The predicted molar refractivity (Wildman–Crippen MR) is 135 cm³/mol. The van der Waals surface area contributed by atoms with E-state index >= 15 is 0 Å². The van der Waals surface area contributed by atoms with Gasteiger partial charge in [0.2, 0.25) is 11.8 Å².